The summed E-state index contributed by atoms with van der Waals surface area (Å²) >= 11 is 5.38. The molecular formula is C10H11BrN4S. The van der Waals surface area contributed by atoms with Crippen LogP contribution in [0.15, 0.2) is 17.7 Å². The Hall–Kier alpha value is -0.620. The Morgan fingerprint density at radius 1 is 1.38 bits per heavy atom. The number of nitrogens with one attached hydrogen (secondary N) is 1. The molecule has 1 aliphatic carbocycles. The summed E-state index contributed by atoms with van der Waals surface area (Å²) in [6.07, 6.45) is 5.89. The quantitative estimate of drug-likeness (QED) is 0.536. The van der Waals surface area contributed by atoms with Gasteiger partial charge in [0.2, 0.25) is 0 Å². The van der Waals surface area contributed by atoms with Gasteiger partial charge in [0.1, 0.15) is 16.9 Å². The number of nitrogens with zero attached hydrogens (tertiary/aromatic N) is 3. The predicted molar refractivity (Wildman–Crippen MR) is 67.9 cm³/mol. The Labute approximate surface area is 106 Å². The van der Waals surface area contributed by atoms with E-state index in [4.69, 9.17) is 0 Å². The van der Waals surface area contributed by atoms with Crippen molar-refractivity contribution in [2.45, 2.75) is 17.9 Å². The first-order valence-electron chi connectivity index (χ1n) is 5.16. The van der Waals surface area contributed by atoms with Crippen molar-refractivity contribution in [3.63, 3.8) is 0 Å². The Morgan fingerprint density at radius 2 is 2.25 bits per heavy atom. The van der Waals surface area contributed by atoms with Crippen LogP contribution in [0.1, 0.15) is 12.8 Å². The van der Waals surface area contributed by atoms with Crippen LogP contribution < -0.4 is 0 Å². The van der Waals surface area contributed by atoms with E-state index in [1.165, 1.54) is 12.8 Å². The number of aromatic amines is 1. The van der Waals surface area contributed by atoms with Crippen molar-refractivity contribution in [3.8, 4) is 0 Å². The molecule has 0 unspecified atom stereocenters. The van der Waals surface area contributed by atoms with Crippen molar-refractivity contribution in [3.05, 3.63) is 12.7 Å². The first-order valence-corrected chi connectivity index (χ1v) is 7.27. The molecule has 2 aromatic heterocycles. The number of imidazole rings is 1. The Morgan fingerprint density at radius 3 is 3.00 bits per heavy atom. The highest BCUT2D eigenvalue weighted by molar-refractivity contribution is 9.09. The third-order valence-electron chi connectivity index (χ3n) is 2.94. The maximum atomic E-state index is 4.31. The summed E-state index contributed by atoms with van der Waals surface area (Å²) in [4.78, 5) is 15.6. The van der Waals surface area contributed by atoms with Crippen LogP contribution in [0, 0.1) is 5.41 Å². The average molecular weight is 299 g/mol. The monoisotopic (exact) mass is 298 g/mol. The second-order valence-corrected chi connectivity index (χ2v) is 5.73. The van der Waals surface area contributed by atoms with E-state index in [0.717, 1.165) is 27.3 Å². The Bertz CT molecular complexity index is 508. The van der Waals surface area contributed by atoms with Gasteiger partial charge in [-0.05, 0) is 18.3 Å². The normalized spacial score (nSPS) is 17.8. The molecule has 3 rings (SSSR count). The second kappa shape index (κ2) is 4.00. The molecule has 1 fully saturated rings. The smallest absolute Gasteiger partial charge is 0.181 e. The first-order chi connectivity index (χ1) is 7.83. The van der Waals surface area contributed by atoms with Crippen LogP contribution in [-0.2, 0) is 0 Å². The molecule has 0 aromatic carbocycles. The molecule has 0 radical (unpaired) electrons. The molecular weight excluding hydrogens is 288 g/mol. The maximum Gasteiger partial charge on any atom is 0.181 e. The summed E-state index contributed by atoms with van der Waals surface area (Å²) in [5.41, 5.74) is 2.21. The van der Waals surface area contributed by atoms with Crippen LogP contribution in [0.5, 0.6) is 0 Å². The molecule has 6 heteroatoms. The zero-order valence-corrected chi connectivity index (χ0v) is 11.0. The Balaban J connectivity index is 1.81. The van der Waals surface area contributed by atoms with Crippen molar-refractivity contribution in [2.24, 2.45) is 5.41 Å². The van der Waals surface area contributed by atoms with Gasteiger partial charge < -0.3 is 4.98 Å². The average Bonchev–Trinajstić information content (AvgIpc) is 2.94. The molecule has 0 atom stereocenters. The highest BCUT2D eigenvalue weighted by Gasteiger charge is 2.41. The van der Waals surface area contributed by atoms with Gasteiger partial charge in [-0.2, -0.15) is 0 Å². The molecule has 1 aliphatic rings. The third kappa shape index (κ3) is 1.84. The van der Waals surface area contributed by atoms with Gasteiger partial charge in [0, 0.05) is 11.1 Å². The number of hydrogen-bond acceptors (Lipinski definition) is 4. The van der Waals surface area contributed by atoms with Gasteiger partial charge in [-0.25, -0.2) is 15.0 Å². The molecule has 0 bridgehead atoms. The number of thioether (sulfide) groups is 1. The largest absolute Gasteiger partial charge is 0.341 e. The lowest BCUT2D eigenvalue weighted by Crippen LogP contribution is -2.05. The molecule has 1 saturated carbocycles. The number of alkyl halides is 1. The van der Waals surface area contributed by atoms with Crippen LogP contribution in [-0.4, -0.2) is 31.0 Å². The van der Waals surface area contributed by atoms with E-state index in [1.807, 2.05) is 0 Å². The van der Waals surface area contributed by atoms with Crippen LogP contribution in [0.25, 0.3) is 11.2 Å². The SMILES string of the molecule is BrCC1(CSc2ncnc3nc[nH]c23)CC1. The van der Waals surface area contributed by atoms with Crippen LogP contribution in [0.3, 0.4) is 0 Å². The van der Waals surface area contributed by atoms with Gasteiger partial charge in [-0.1, -0.05) is 15.9 Å². The number of fused-ring (bicyclic) bond motifs is 1. The fraction of sp³-hybridized carbons (Fsp3) is 0.500. The number of aromatic nitrogens is 4. The minimum atomic E-state index is 0.502. The summed E-state index contributed by atoms with van der Waals surface area (Å²) in [5.74, 6) is 1.11. The molecule has 1 N–H and O–H groups in total. The molecule has 0 spiro atoms. The van der Waals surface area contributed by atoms with Crippen LogP contribution >= 0.6 is 27.7 Å². The zero-order chi connectivity index (χ0) is 11.0. The van der Waals surface area contributed by atoms with Gasteiger partial charge in [0.15, 0.2) is 5.65 Å². The minimum absolute atomic E-state index is 0.502. The van der Waals surface area contributed by atoms with E-state index in [0.29, 0.717) is 5.41 Å². The number of halogens is 1. The third-order valence-corrected chi connectivity index (χ3v) is 5.47. The standard InChI is InChI=1S/C10H11BrN4S/c11-3-10(1-2-10)4-16-9-7-8(13-5-12-7)14-6-15-9/h5-6H,1-4H2,(H,12,13,14,15). The molecule has 84 valence electrons. The second-order valence-electron chi connectivity index (χ2n) is 4.20. The van der Waals surface area contributed by atoms with Crippen molar-refractivity contribution in [2.75, 3.05) is 11.1 Å². The van der Waals surface area contributed by atoms with Crippen molar-refractivity contribution < 1.29 is 0 Å². The highest BCUT2D eigenvalue weighted by atomic mass is 79.9. The molecule has 2 aromatic rings. The lowest BCUT2D eigenvalue weighted by atomic mass is 10.2. The van der Waals surface area contributed by atoms with E-state index in [9.17, 15) is 0 Å². The lowest BCUT2D eigenvalue weighted by molar-refractivity contribution is 0.686. The van der Waals surface area contributed by atoms with E-state index in [2.05, 4.69) is 35.9 Å². The summed E-state index contributed by atoms with van der Waals surface area (Å²) in [7, 11) is 0. The zero-order valence-electron chi connectivity index (χ0n) is 8.61. The minimum Gasteiger partial charge on any atom is -0.341 e. The lowest BCUT2D eigenvalue weighted by Gasteiger charge is -2.09. The molecule has 16 heavy (non-hydrogen) atoms. The number of hydrogen-bond donors (Lipinski definition) is 1. The summed E-state index contributed by atoms with van der Waals surface area (Å²) in [6, 6.07) is 0. The van der Waals surface area contributed by atoms with Crippen molar-refractivity contribution in [1.82, 2.24) is 19.9 Å². The molecule has 4 nitrogen and oxygen atoms in total. The molecule has 0 amide bonds. The van der Waals surface area contributed by atoms with E-state index >= 15 is 0 Å². The summed E-state index contributed by atoms with van der Waals surface area (Å²) < 4.78 is 0. The first kappa shape index (κ1) is 10.5. The van der Waals surface area contributed by atoms with E-state index in [1.54, 1.807) is 24.4 Å². The fourth-order valence-corrected chi connectivity index (χ4v) is 3.84. The number of rotatable bonds is 4. The van der Waals surface area contributed by atoms with E-state index in [-0.39, 0.29) is 0 Å². The van der Waals surface area contributed by atoms with Gasteiger partial charge in [0.05, 0.1) is 6.33 Å². The fourth-order valence-electron chi connectivity index (χ4n) is 1.57. The highest BCUT2D eigenvalue weighted by Crippen LogP contribution is 2.50. The van der Waals surface area contributed by atoms with E-state index < -0.39 is 0 Å². The predicted octanol–water partition coefficient (Wildman–Crippen LogP) is 2.62. The van der Waals surface area contributed by atoms with Gasteiger partial charge in [-0.3, -0.25) is 0 Å². The topological polar surface area (TPSA) is 54.5 Å². The van der Waals surface area contributed by atoms with Gasteiger partial charge >= 0.3 is 0 Å². The molecule has 0 aliphatic heterocycles. The maximum absolute atomic E-state index is 4.31. The Kier molecular flexibility index (Phi) is 2.63. The number of H-pyrrole nitrogens is 1. The van der Waals surface area contributed by atoms with Crippen molar-refractivity contribution in [1.29, 1.82) is 0 Å². The van der Waals surface area contributed by atoms with Crippen LogP contribution in [0.4, 0.5) is 0 Å². The molecule has 2 heterocycles. The van der Waals surface area contributed by atoms with Gasteiger partial charge in [-0.15, -0.1) is 11.8 Å². The van der Waals surface area contributed by atoms with Crippen LogP contribution in [0.2, 0.25) is 0 Å². The molecule has 0 saturated heterocycles. The summed E-state index contributed by atoms with van der Waals surface area (Å²) in [6.45, 7) is 0. The van der Waals surface area contributed by atoms with Gasteiger partial charge in [0.25, 0.3) is 0 Å². The summed E-state index contributed by atoms with van der Waals surface area (Å²) in [5, 5.41) is 2.10. The van der Waals surface area contributed by atoms with Crippen molar-refractivity contribution >= 4 is 38.9 Å².